The van der Waals surface area contributed by atoms with Crippen LogP contribution in [0.25, 0.3) is 0 Å². The molecular formula is C20H27N3O4. The number of nitrogens with zero attached hydrogens (tertiary/aromatic N) is 1. The van der Waals surface area contributed by atoms with Gasteiger partial charge in [0.15, 0.2) is 0 Å². The lowest BCUT2D eigenvalue weighted by atomic mass is 10.1. The summed E-state index contributed by atoms with van der Waals surface area (Å²) in [6.07, 6.45) is 2.14. The molecule has 0 aliphatic heterocycles. The van der Waals surface area contributed by atoms with Crippen molar-refractivity contribution in [1.82, 2.24) is 10.3 Å². The molecule has 0 aliphatic carbocycles. The zero-order valence-electron chi connectivity index (χ0n) is 16.0. The number of aromatic nitrogens is 1. The number of hydrogen-bond donors (Lipinski definition) is 3. The first-order valence-electron chi connectivity index (χ1n) is 8.62. The summed E-state index contributed by atoms with van der Waals surface area (Å²) in [5.41, 5.74) is 9.48. The van der Waals surface area contributed by atoms with Gasteiger partial charge in [-0.15, -0.1) is 0 Å². The Morgan fingerprint density at radius 2 is 1.81 bits per heavy atom. The molecule has 0 atom stereocenters. The van der Waals surface area contributed by atoms with Gasteiger partial charge >= 0.3 is 0 Å². The number of amides is 1. The largest absolute Gasteiger partial charge is 0.492 e. The minimum atomic E-state index is -0.833. The number of nitrogens with two attached hydrogens (primary N) is 1. The molecule has 0 spiro atoms. The molecule has 4 N–H and O–H groups in total. The Kier molecular flexibility index (Phi) is 9.53. The predicted octanol–water partition coefficient (Wildman–Crippen LogP) is 1.99. The fourth-order valence-electron chi connectivity index (χ4n) is 2.13. The summed E-state index contributed by atoms with van der Waals surface area (Å²) in [4.78, 5) is 25.3. The number of nitrogens with one attached hydrogen (secondary N) is 1. The molecule has 0 saturated heterocycles. The number of carbonyl (C=O) groups excluding carboxylic acids is 1. The van der Waals surface area contributed by atoms with E-state index in [-0.39, 0.29) is 5.91 Å². The Labute approximate surface area is 159 Å². The van der Waals surface area contributed by atoms with Crippen molar-refractivity contribution in [1.29, 1.82) is 0 Å². The highest BCUT2D eigenvalue weighted by molar-refractivity contribution is 5.78. The van der Waals surface area contributed by atoms with Crippen LogP contribution >= 0.6 is 0 Å². The number of aryl methyl sites for hydroxylation is 2. The molecule has 0 radical (unpaired) electrons. The van der Waals surface area contributed by atoms with E-state index in [1.807, 2.05) is 44.2 Å². The molecule has 0 saturated carbocycles. The van der Waals surface area contributed by atoms with E-state index in [1.54, 1.807) is 6.20 Å². The average molecular weight is 373 g/mol. The Morgan fingerprint density at radius 1 is 1.19 bits per heavy atom. The van der Waals surface area contributed by atoms with Crippen molar-refractivity contribution >= 4 is 11.9 Å². The quantitative estimate of drug-likeness (QED) is 0.684. The number of carboxylic acids is 1. The molecule has 0 unspecified atom stereocenters. The third kappa shape index (κ3) is 9.37. The maximum absolute atomic E-state index is 12.0. The standard InChI is InChI=1S/C18H23N3O2.C2H4O2/c1-13-9-16(11-20-14(13)2)12-21-18(22)10-15-3-5-17(6-4-15)23-8-7-19;1-2(3)4/h3-6,9,11H,7-8,10,12,19H2,1-2H3,(H,21,22);1H3,(H,3,4). The van der Waals surface area contributed by atoms with Crippen molar-refractivity contribution < 1.29 is 19.4 Å². The molecule has 7 nitrogen and oxygen atoms in total. The smallest absolute Gasteiger partial charge is 0.300 e. The second-order valence-corrected chi connectivity index (χ2v) is 6.00. The van der Waals surface area contributed by atoms with Crippen LogP contribution in [0.15, 0.2) is 36.5 Å². The van der Waals surface area contributed by atoms with E-state index in [9.17, 15) is 4.79 Å². The summed E-state index contributed by atoms with van der Waals surface area (Å²) < 4.78 is 5.41. The van der Waals surface area contributed by atoms with Crippen molar-refractivity contribution in [2.45, 2.75) is 33.7 Å². The van der Waals surface area contributed by atoms with Gasteiger partial charge in [0.25, 0.3) is 5.97 Å². The number of rotatable bonds is 7. The number of carbonyl (C=O) groups is 2. The van der Waals surface area contributed by atoms with E-state index in [4.69, 9.17) is 20.4 Å². The molecule has 0 bridgehead atoms. The van der Waals surface area contributed by atoms with E-state index in [1.165, 1.54) is 0 Å². The molecule has 0 fully saturated rings. The summed E-state index contributed by atoms with van der Waals surface area (Å²) in [7, 11) is 0. The van der Waals surface area contributed by atoms with Crippen LogP contribution in [0, 0.1) is 13.8 Å². The summed E-state index contributed by atoms with van der Waals surface area (Å²) >= 11 is 0. The van der Waals surface area contributed by atoms with Gasteiger partial charge in [-0.25, -0.2) is 0 Å². The first-order valence-corrected chi connectivity index (χ1v) is 8.62. The molecule has 1 amide bonds. The molecule has 1 heterocycles. The van der Waals surface area contributed by atoms with Crippen molar-refractivity contribution in [2.75, 3.05) is 13.2 Å². The van der Waals surface area contributed by atoms with Gasteiger partial charge in [-0.1, -0.05) is 18.2 Å². The van der Waals surface area contributed by atoms with Crippen molar-refractivity contribution in [3.05, 3.63) is 58.9 Å². The molecule has 27 heavy (non-hydrogen) atoms. The monoisotopic (exact) mass is 373 g/mol. The third-order valence-corrected chi connectivity index (χ3v) is 3.56. The summed E-state index contributed by atoms with van der Waals surface area (Å²) in [5, 5.41) is 10.3. The van der Waals surface area contributed by atoms with Crippen LogP contribution in [0.2, 0.25) is 0 Å². The second-order valence-electron chi connectivity index (χ2n) is 6.00. The Morgan fingerprint density at radius 3 is 2.37 bits per heavy atom. The molecule has 0 aliphatic rings. The molecule has 2 aromatic rings. The van der Waals surface area contributed by atoms with Crippen LogP contribution in [0.5, 0.6) is 5.75 Å². The van der Waals surface area contributed by atoms with Gasteiger partial charge in [-0.05, 0) is 42.7 Å². The molecule has 146 valence electrons. The van der Waals surface area contributed by atoms with Crippen LogP contribution in [0.1, 0.15) is 29.3 Å². The maximum atomic E-state index is 12.0. The topological polar surface area (TPSA) is 115 Å². The SMILES string of the molecule is CC(=O)O.Cc1cc(CNC(=O)Cc2ccc(OCCN)cc2)cnc1C. The zero-order valence-corrected chi connectivity index (χ0v) is 16.0. The minimum Gasteiger partial charge on any atom is -0.492 e. The van der Waals surface area contributed by atoms with Gasteiger partial charge in [0, 0.05) is 31.9 Å². The van der Waals surface area contributed by atoms with Crippen molar-refractivity contribution in [2.24, 2.45) is 5.73 Å². The first-order chi connectivity index (χ1) is 12.8. The number of aliphatic carboxylic acids is 1. The highest BCUT2D eigenvalue weighted by Crippen LogP contribution is 2.12. The molecular weight excluding hydrogens is 346 g/mol. The van der Waals surface area contributed by atoms with Gasteiger partial charge in [0.05, 0.1) is 6.42 Å². The lowest BCUT2D eigenvalue weighted by Crippen LogP contribution is -2.24. The van der Waals surface area contributed by atoms with Gasteiger partial charge in [0.1, 0.15) is 12.4 Å². The molecule has 1 aromatic heterocycles. The third-order valence-electron chi connectivity index (χ3n) is 3.56. The number of pyridine rings is 1. The van der Waals surface area contributed by atoms with E-state index in [0.717, 1.165) is 35.1 Å². The Bertz CT molecular complexity index is 741. The summed E-state index contributed by atoms with van der Waals surface area (Å²) in [6.45, 7) is 6.53. The minimum absolute atomic E-state index is 0.0149. The van der Waals surface area contributed by atoms with Crippen molar-refractivity contribution in [3.63, 3.8) is 0 Å². The molecule has 7 heteroatoms. The van der Waals surface area contributed by atoms with Gasteiger partial charge in [-0.3, -0.25) is 14.6 Å². The van der Waals surface area contributed by atoms with Crippen molar-refractivity contribution in [3.8, 4) is 5.75 Å². The molecule has 2 rings (SSSR count). The fourth-order valence-corrected chi connectivity index (χ4v) is 2.13. The van der Waals surface area contributed by atoms with E-state index < -0.39 is 5.97 Å². The Hall–Kier alpha value is -2.93. The number of ether oxygens (including phenoxy) is 1. The summed E-state index contributed by atoms with van der Waals surface area (Å²) in [6, 6.07) is 9.54. The van der Waals surface area contributed by atoms with E-state index in [0.29, 0.717) is 26.1 Å². The van der Waals surface area contributed by atoms with Crippen LogP contribution in [0.4, 0.5) is 0 Å². The van der Waals surface area contributed by atoms with Gasteiger partial charge in [-0.2, -0.15) is 0 Å². The van der Waals surface area contributed by atoms with Crippen LogP contribution in [0.3, 0.4) is 0 Å². The van der Waals surface area contributed by atoms with Crippen LogP contribution < -0.4 is 15.8 Å². The highest BCUT2D eigenvalue weighted by Gasteiger charge is 2.05. The average Bonchev–Trinajstić information content (AvgIpc) is 2.62. The van der Waals surface area contributed by atoms with E-state index in [2.05, 4.69) is 10.3 Å². The molecule has 1 aromatic carbocycles. The highest BCUT2D eigenvalue weighted by atomic mass is 16.5. The number of benzene rings is 1. The number of hydrogen-bond acceptors (Lipinski definition) is 5. The Balaban J connectivity index is 0.000000828. The van der Waals surface area contributed by atoms with Gasteiger partial charge < -0.3 is 20.9 Å². The van der Waals surface area contributed by atoms with E-state index >= 15 is 0 Å². The lowest BCUT2D eigenvalue weighted by Gasteiger charge is -2.08. The normalized spacial score (nSPS) is 9.78. The predicted molar refractivity (Wildman–Crippen MR) is 104 cm³/mol. The zero-order chi connectivity index (χ0) is 20.2. The lowest BCUT2D eigenvalue weighted by molar-refractivity contribution is -0.134. The van der Waals surface area contributed by atoms with Gasteiger partial charge in [0.2, 0.25) is 5.91 Å². The maximum Gasteiger partial charge on any atom is 0.300 e. The first kappa shape index (κ1) is 22.1. The summed E-state index contributed by atoms with van der Waals surface area (Å²) in [5.74, 6) is -0.0836. The fraction of sp³-hybridized carbons (Fsp3) is 0.350. The van der Waals surface area contributed by atoms with Crippen LogP contribution in [-0.2, 0) is 22.6 Å². The second kappa shape index (κ2) is 11.6. The van der Waals surface area contributed by atoms with Crippen LogP contribution in [-0.4, -0.2) is 35.1 Å². The number of carboxylic acid groups (broad SMARTS) is 1.